The van der Waals surface area contributed by atoms with E-state index in [1.54, 1.807) is 0 Å². The lowest BCUT2D eigenvalue weighted by Crippen LogP contribution is -2.30. The third-order valence-corrected chi connectivity index (χ3v) is 3.03. The fourth-order valence-corrected chi connectivity index (χ4v) is 2.52. The Bertz CT molecular complexity index is 383. The molecular weight excluding hydrogens is 244 g/mol. The molecule has 1 aromatic rings. The van der Waals surface area contributed by atoms with Gasteiger partial charge < -0.3 is 10.2 Å². The number of nitrogens with one attached hydrogen (secondary N) is 1. The van der Waals surface area contributed by atoms with E-state index in [0.717, 1.165) is 30.3 Å². The zero-order chi connectivity index (χ0) is 13.8. The number of benzene rings is 1. The van der Waals surface area contributed by atoms with Crippen LogP contribution in [0.15, 0.2) is 18.2 Å². The van der Waals surface area contributed by atoms with Gasteiger partial charge in [0.15, 0.2) is 0 Å². The number of anilines is 1. The van der Waals surface area contributed by atoms with Crippen molar-refractivity contribution in [1.29, 1.82) is 0 Å². The second-order valence-electron chi connectivity index (χ2n) is 5.94. The normalized spacial score (nSPS) is 11.7. The Balaban J connectivity index is 2.97. The maximum Gasteiger partial charge on any atom is 0.0642 e. The van der Waals surface area contributed by atoms with Crippen LogP contribution in [-0.2, 0) is 6.54 Å². The van der Waals surface area contributed by atoms with Crippen molar-refractivity contribution in [2.45, 2.75) is 34.2 Å². The monoisotopic (exact) mass is 268 g/mol. The molecule has 102 valence electrons. The van der Waals surface area contributed by atoms with E-state index in [4.69, 9.17) is 11.6 Å². The fraction of sp³-hybridized carbons (Fsp3) is 0.600. The first-order valence-corrected chi connectivity index (χ1v) is 6.92. The van der Waals surface area contributed by atoms with E-state index in [-0.39, 0.29) is 5.41 Å². The Morgan fingerprint density at radius 1 is 1.28 bits per heavy atom. The van der Waals surface area contributed by atoms with Gasteiger partial charge in [-0.2, -0.15) is 0 Å². The third kappa shape index (κ3) is 4.51. The topological polar surface area (TPSA) is 15.3 Å². The van der Waals surface area contributed by atoms with Crippen LogP contribution in [0.3, 0.4) is 0 Å². The van der Waals surface area contributed by atoms with Crippen LogP contribution in [-0.4, -0.2) is 20.1 Å². The molecule has 3 heteroatoms. The lowest BCUT2D eigenvalue weighted by molar-refractivity contribution is 0.418. The maximum absolute atomic E-state index is 6.36. The van der Waals surface area contributed by atoms with E-state index >= 15 is 0 Å². The minimum Gasteiger partial charge on any atom is -0.373 e. The van der Waals surface area contributed by atoms with Gasteiger partial charge >= 0.3 is 0 Å². The second-order valence-corrected chi connectivity index (χ2v) is 6.35. The molecule has 0 radical (unpaired) electrons. The molecule has 0 amide bonds. The molecule has 0 bridgehead atoms. The highest BCUT2D eigenvalue weighted by molar-refractivity contribution is 6.33. The van der Waals surface area contributed by atoms with Crippen LogP contribution in [0.2, 0.25) is 5.02 Å². The van der Waals surface area contributed by atoms with Crippen molar-refractivity contribution >= 4 is 17.3 Å². The highest BCUT2D eigenvalue weighted by Crippen LogP contribution is 2.31. The summed E-state index contributed by atoms with van der Waals surface area (Å²) in [4.78, 5) is 2.26. The van der Waals surface area contributed by atoms with Crippen LogP contribution >= 0.6 is 11.6 Å². The van der Waals surface area contributed by atoms with Gasteiger partial charge in [-0.1, -0.05) is 51.4 Å². The molecule has 1 aromatic carbocycles. The molecule has 0 aliphatic carbocycles. The first kappa shape index (κ1) is 15.3. The van der Waals surface area contributed by atoms with Gasteiger partial charge in [-0.05, 0) is 23.6 Å². The van der Waals surface area contributed by atoms with Crippen LogP contribution in [0.1, 0.15) is 33.3 Å². The van der Waals surface area contributed by atoms with Crippen molar-refractivity contribution < 1.29 is 0 Å². The van der Waals surface area contributed by atoms with Gasteiger partial charge in [-0.3, -0.25) is 0 Å². The number of halogens is 1. The standard InChI is InChI=1S/C15H25ClN2/c1-6-17-10-12-8-7-9-13(16)14(12)18(5)11-15(2,3)4/h7-9,17H,6,10-11H2,1-5H3. The summed E-state index contributed by atoms with van der Waals surface area (Å²) in [6, 6.07) is 6.12. The molecule has 1 N–H and O–H groups in total. The average Bonchev–Trinajstić information content (AvgIpc) is 2.23. The Kier molecular flexibility index (Phi) is 5.48. The van der Waals surface area contributed by atoms with Crippen molar-refractivity contribution in [2.75, 3.05) is 25.0 Å². The Morgan fingerprint density at radius 2 is 1.94 bits per heavy atom. The van der Waals surface area contributed by atoms with Gasteiger partial charge in [0.1, 0.15) is 0 Å². The van der Waals surface area contributed by atoms with Crippen LogP contribution < -0.4 is 10.2 Å². The van der Waals surface area contributed by atoms with Crippen molar-refractivity contribution in [1.82, 2.24) is 5.32 Å². The average molecular weight is 269 g/mol. The molecule has 0 unspecified atom stereocenters. The van der Waals surface area contributed by atoms with Crippen molar-refractivity contribution in [3.05, 3.63) is 28.8 Å². The van der Waals surface area contributed by atoms with Crippen molar-refractivity contribution in [3.8, 4) is 0 Å². The first-order chi connectivity index (χ1) is 8.35. The molecule has 2 nitrogen and oxygen atoms in total. The Labute approximate surface area is 116 Å². The summed E-state index contributed by atoms with van der Waals surface area (Å²) in [6.45, 7) is 11.6. The second kappa shape index (κ2) is 6.44. The van der Waals surface area contributed by atoms with E-state index in [9.17, 15) is 0 Å². The summed E-state index contributed by atoms with van der Waals surface area (Å²) in [6.07, 6.45) is 0. The molecule has 0 atom stereocenters. The summed E-state index contributed by atoms with van der Waals surface area (Å²) in [5, 5.41) is 4.20. The van der Waals surface area contributed by atoms with E-state index in [2.05, 4.69) is 51.0 Å². The number of para-hydroxylation sites is 1. The maximum atomic E-state index is 6.36. The smallest absolute Gasteiger partial charge is 0.0642 e. The third-order valence-electron chi connectivity index (χ3n) is 2.73. The summed E-state index contributed by atoms with van der Waals surface area (Å²) < 4.78 is 0. The molecule has 0 fully saturated rings. The molecule has 0 spiro atoms. The minimum atomic E-state index is 0.253. The molecule has 1 rings (SSSR count). The summed E-state index contributed by atoms with van der Waals surface area (Å²) in [5.41, 5.74) is 2.66. The summed E-state index contributed by atoms with van der Waals surface area (Å²) >= 11 is 6.36. The van der Waals surface area contributed by atoms with E-state index in [1.807, 2.05) is 12.1 Å². The molecule has 0 aromatic heterocycles. The number of hydrogen-bond acceptors (Lipinski definition) is 2. The van der Waals surface area contributed by atoms with Crippen LogP contribution in [0, 0.1) is 5.41 Å². The predicted molar refractivity (Wildman–Crippen MR) is 81.6 cm³/mol. The molecule has 0 heterocycles. The molecular formula is C15H25ClN2. The van der Waals surface area contributed by atoms with Gasteiger partial charge in [-0.15, -0.1) is 0 Å². The Hall–Kier alpha value is -0.730. The first-order valence-electron chi connectivity index (χ1n) is 6.54. The minimum absolute atomic E-state index is 0.253. The zero-order valence-corrected chi connectivity index (χ0v) is 12.9. The number of nitrogens with zero attached hydrogens (tertiary/aromatic N) is 1. The molecule has 0 saturated carbocycles. The molecule has 0 aliphatic heterocycles. The van der Waals surface area contributed by atoms with Gasteiger partial charge in [0.25, 0.3) is 0 Å². The van der Waals surface area contributed by atoms with Crippen LogP contribution in [0.25, 0.3) is 0 Å². The van der Waals surface area contributed by atoms with Crippen LogP contribution in [0.5, 0.6) is 0 Å². The highest BCUT2D eigenvalue weighted by Gasteiger charge is 2.17. The summed E-state index contributed by atoms with van der Waals surface area (Å²) in [5.74, 6) is 0. The lowest BCUT2D eigenvalue weighted by Gasteiger charge is -2.30. The highest BCUT2D eigenvalue weighted by atomic mass is 35.5. The SMILES string of the molecule is CCNCc1cccc(Cl)c1N(C)CC(C)(C)C. The van der Waals surface area contributed by atoms with Gasteiger partial charge in [-0.25, -0.2) is 0 Å². The lowest BCUT2D eigenvalue weighted by atomic mass is 9.95. The van der Waals surface area contributed by atoms with Crippen LogP contribution in [0.4, 0.5) is 5.69 Å². The number of rotatable bonds is 5. The van der Waals surface area contributed by atoms with Gasteiger partial charge in [0.2, 0.25) is 0 Å². The predicted octanol–water partition coefficient (Wildman–Crippen LogP) is 3.93. The Morgan fingerprint density at radius 3 is 2.50 bits per heavy atom. The van der Waals surface area contributed by atoms with E-state index in [0.29, 0.717) is 0 Å². The largest absolute Gasteiger partial charge is 0.373 e. The van der Waals surface area contributed by atoms with Crippen molar-refractivity contribution in [2.24, 2.45) is 5.41 Å². The van der Waals surface area contributed by atoms with Gasteiger partial charge in [0, 0.05) is 20.1 Å². The summed E-state index contributed by atoms with van der Waals surface area (Å²) in [7, 11) is 2.11. The molecule has 18 heavy (non-hydrogen) atoms. The fourth-order valence-electron chi connectivity index (χ4n) is 2.18. The van der Waals surface area contributed by atoms with Crippen molar-refractivity contribution in [3.63, 3.8) is 0 Å². The van der Waals surface area contributed by atoms with E-state index < -0.39 is 0 Å². The van der Waals surface area contributed by atoms with Gasteiger partial charge in [0.05, 0.1) is 10.7 Å². The zero-order valence-electron chi connectivity index (χ0n) is 12.2. The molecule has 0 saturated heterocycles. The quantitative estimate of drug-likeness (QED) is 0.870. The molecule has 0 aliphatic rings. The van der Waals surface area contributed by atoms with E-state index in [1.165, 1.54) is 5.56 Å². The number of hydrogen-bond donors (Lipinski definition) is 1.